The van der Waals surface area contributed by atoms with E-state index >= 15 is 0 Å². The first-order chi connectivity index (χ1) is 14.3. The molecule has 0 saturated heterocycles. The topological polar surface area (TPSA) is 99.6 Å². The molecular weight excluding hydrogens is 380 g/mol. The van der Waals surface area contributed by atoms with Crippen LogP contribution in [0.5, 0.6) is 0 Å². The Morgan fingerprint density at radius 3 is 2.83 bits per heavy atom. The van der Waals surface area contributed by atoms with Crippen molar-refractivity contribution in [1.29, 1.82) is 0 Å². The molecule has 1 N–H and O–H groups in total. The number of fused-ring (bicyclic) bond motifs is 3. The van der Waals surface area contributed by atoms with Gasteiger partial charge >= 0.3 is 0 Å². The Balaban J connectivity index is 1.52. The Hall–Kier alpha value is -3.29. The average Bonchev–Trinajstić information content (AvgIpc) is 3.21. The Bertz CT molecular complexity index is 1120. The van der Waals surface area contributed by atoms with Crippen LogP contribution in [-0.4, -0.2) is 25.7 Å². The number of pyridine rings is 1. The molecule has 0 aromatic carbocycles. The molecule has 1 fully saturated rings. The van der Waals surface area contributed by atoms with Crippen molar-refractivity contribution in [2.75, 3.05) is 0 Å². The summed E-state index contributed by atoms with van der Waals surface area (Å²) in [7, 11) is 0. The second-order valence-electron chi connectivity index (χ2n) is 9.23. The van der Waals surface area contributed by atoms with Gasteiger partial charge in [-0.15, -0.1) is 0 Å². The van der Waals surface area contributed by atoms with E-state index in [1.807, 2.05) is 18.2 Å². The van der Waals surface area contributed by atoms with Crippen LogP contribution >= 0.6 is 0 Å². The van der Waals surface area contributed by atoms with Crippen molar-refractivity contribution in [3.63, 3.8) is 0 Å². The van der Waals surface area contributed by atoms with Crippen LogP contribution in [0.15, 0.2) is 43.0 Å². The van der Waals surface area contributed by atoms with Crippen molar-refractivity contribution >= 4 is 5.91 Å². The van der Waals surface area contributed by atoms with Crippen LogP contribution in [0.4, 0.5) is 0 Å². The van der Waals surface area contributed by atoms with Crippen LogP contribution in [0.25, 0.3) is 5.82 Å². The second kappa shape index (κ2) is 6.62. The number of amides is 1. The first kappa shape index (κ1) is 18.7. The SMILES string of the molecule is CC(C)(C)[C@H](NC(=O)c1nn(-c2c[n+]([O-])ccn2)c2c1C[C@H]1C[C@@H]21)c1ccccn1. The molecular formula is C22H24N6O2. The molecule has 0 unspecified atom stereocenters. The van der Waals surface area contributed by atoms with Crippen molar-refractivity contribution in [3.8, 4) is 5.82 Å². The highest BCUT2D eigenvalue weighted by Crippen LogP contribution is 2.57. The molecule has 0 radical (unpaired) electrons. The largest absolute Gasteiger partial charge is 0.619 e. The summed E-state index contributed by atoms with van der Waals surface area (Å²) in [5.74, 6) is 1.17. The van der Waals surface area contributed by atoms with Gasteiger partial charge in [0, 0.05) is 17.7 Å². The van der Waals surface area contributed by atoms with E-state index in [-0.39, 0.29) is 17.4 Å². The average molecular weight is 404 g/mol. The molecule has 3 aromatic rings. The summed E-state index contributed by atoms with van der Waals surface area (Å²) in [6.45, 7) is 6.23. The Morgan fingerprint density at radius 1 is 1.30 bits per heavy atom. The van der Waals surface area contributed by atoms with Crippen molar-refractivity contribution < 1.29 is 9.52 Å². The lowest BCUT2D eigenvalue weighted by Gasteiger charge is -2.30. The van der Waals surface area contributed by atoms with Gasteiger partial charge < -0.3 is 10.5 Å². The highest BCUT2D eigenvalue weighted by Gasteiger charge is 2.50. The van der Waals surface area contributed by atoms with Crippen molar-refractivity contribution in [2.45, 2.75) is 45.6 Å². The fourth-order valence-electron chi connectivity index (χ4n) is 4.43. The van der Waals surface area contributed by atoms with Gasteiger partial charge in [0.1, 0.15) is 0 Å². The third-order valence-corrected chi connectivity index (χ3v) is 5.98. The number of nitrogens with one attached hydrogen (secondary N) is 1. The fourth-order valence-corrected chi connectivity index (χ4v) is 4.43. The molecule has 8 heteroatoms. The maximum atomic E-state index is 13.4. The normalized spacial score (nSPS) is 20.4. The zero-order chi connectivity index (χ0) is 21.0. The molecule has 1 saturated carbocycles. The Labute approximate surface area is 174 Å². The van der Waals surface area contributed by atoms with E-state index in [0.29, 0.717) is 28.1 Å². The van der Waals surface area contributed by atoms with Crippen LogP contribution in [0.2, 0.25) is 0 Å². The molecule has 3 heterocycles. The van der Waals surface area contributed by atoms with Crippen LogP contribution in [0.1, 0.15) is 66.6 Å². The molecule has 1 amide bonds. The van der Waals surface area contributed by atoms with E-state index in [4.69, 9.17) is 0 Å². The third-order valence-electron chi connectivity index (χ3n) is 5.98. The first-order valence-corrected chi connectivity index (χ1v) is 10.2. The van der Waals surface area contributed by atoms with Crippen molar-refractivity contribution in [1.82, 2.24) is 25.1 Å². The number of hydrogen-bond acceptors (Lipinski definition) is 5. The van der Waals surface area contributed by atoms with Gasteiger partial charge in [-0.3, -0.25) is 9.78 Å². The third kappa shape index (κ3) is 3.12. The number of nitrogens with zero attached hydrogens (tertiary/aromatic N) is 5. The Morgan fingerprint density at radius 2 is 2.13 bits per heavy atom. The predicted octanol–water partition coefficient (Wildman–Crippen LogP) is 2.47. The quantitative estimate of drug-likeness (QED) is 0.532. The number of rotatable bonds is 4. The number of carbonyl (C=O) groups is 1. The molecule has 5 rings (SSSR count). The fraction of sp³-hybridized carbons (Fsp3) is 0.409. The zero-order valence-electron chi connectivity index (χ0n) is 17.2. The van der Waals surface area contributed by atoms with E-state index in [0.717, 1.165) is 29.8 Å². The molecule has 30 heavy (non-hydrogen) atoms. The molecule has 2 aliphatic carbocycles. The van der Waals surface area contributed by atoms with Gasteiger partial charge in [0.25, 0.3) is 5.91 Å². The second-order valence-corrected chi connectivity index (χ2v) is 9.23. The van der Waals surface area contributed by atoms with Gasteiger partial charge in [0.2, 0.25) is 12.0 Å². The predicted molar refractivity (Wildman–Crippen MR) is 109 cm³/mol. The molecule has 3 aromatic heterocycles. The van der Waals surface area contributed by atoms with Crippen LogP contribution < -0.4 is 10.0 Å². The van der Waals surface area contributed by atoms with Crippen LogP contribution in [0.3, 0.4) is 0 Å². The molecule has 0 bridgehead atoms. The summed E-state index contributed by atoms with van der Waals surface area (Å²) in [5, 5.41) is 19.5. The summed E-state index contributed by atoms with van der Waals surface area (Å²) in [5.41, 5.74) is 3.01. The highest BCUT2D eigenvalue weighted by molar-refractivity contribution is 5.94. The monoisotopic (exact) mass is 404 g/mol. The standard InChI is InChI=1S/C22H24N6O2/c1-22(2,3)20(16-6-4-5-7-23-16)25-21(29)18-15-11-13-10-14(13)19(15)28(26-18)17-12-27(30)9-8-24-17/h4-9,12-14,20H,10-11H2,1-3H3,(H,25,29)/t13-,14-,20-/m1/s1. The first-order valence-electron chi connectivity index (χ1n) is 10.2. The lowest BCUT2D eigenvalue weighted by atomic mass is 9.84. The molecule has 2 aliphatic rings. The van der Waals surface area contributed by atoms with E-state index in [1.165, 1.54) is 18.6 Å². The smallest absolute Gasteiger partial charge is 0.272 e. The highest BCUT2D eigenvalue weighted by atomic mass is 16.5. The molecule has 0 aliphatic heterocycles. The summed E-state index contributed by atoms with van der Waals surface area (Å²) in [6.07, 6.45) is 7.85. The molecule has 3 atom stereocenters. The summed E-state index contributed by atoms with van der Waals surface area (Å²) < 4.78 is 2.38. The van der Waals surface area contributed by atoms with Gasteiger partial charge in [-0.2, -0.15) is 9.83 Å². The maximum Gasteiger partial charge on any atom is 0.272 e. The van der Waals surface area contributed by atoms with Crippen LogP contribution in [0, 0.1) is 16.5 Å². The lowest BCUT2D eigenvalue weighted by molar-refractivity contribution is -0.605. The van der Waals surface area contributed by atoms with Gasteiger partial charge in [-0.05, 0) is 36.3 Å². The van der Waals surface area contributed by atoms with E-state index in [2.05, 4.69) is 41.2 Å². The molecule has 8 nitrogen and oxygen atoms in total. The summed E-state index contributed by atoms with van der Waals surface area (Å²) in [4.78, 5) is 22.1. The van der Waals surface area contributed by atoms with Gasteiger partial charge in [-0.1, -0.05) is 26.8 Å². The zero-order valence-corrected chi connectivity index (χ0v) is 17.2. The Kier molecular flexibility index (Phi) is 4.13. The molecule has 154 valence electrons. The minimum atomic E-state index is -0.262. The number of hydrogen-bond donors (Lipinski definition) is 1. The maximum absolute atomic E-state index is 13.4. The summed E-state index contributed by atoms with van der Waals surface area (Å²) >= 11 is 0. The lowest BCUT2D eigenvalue weighted by Crippen LogP contribution is -2.37. The van der Waals surface area contributed by atoms with Gasteiger partial charge in [0.05, 0.1) is 23.6 Å². The summed E-state index contributed by atoms with van der Waals surface area (Å²) in [6, 6.07) is 5.45. The van der Waals surface area contributed by atoms with Gasteiger partial charge in [0.15, 0.2) is 11.9 Å². The van der Waals surface area contributed by atoms with E-state index in [9.17, 15) is 10.0 Å². The molecule has 0 spiro atoms. The van der Waals surface area contributed by atoms with Gasteiger partial charge in [-0.25, -0.2) is 9.67 Å². The number of carbonyl (C=O) groups excluding carboxylic acids is 1. The van der Waals surface area contributed by atoms with Crippen LogP contribution in [-0.2, 0) is 6.42 Å². The van der Waals surface area contributed by atoms with Crippen molar-refractivity contribution in [3.05, 3.63) is 70.8 Å². The van der Waals surface area contributed by atoms with Crippen molar-refractivity contribution in [2.24, 2.45) is 11.3 Å². The van der Waals surface area contributed by atoms with E-state index in [1.54, 1.807) is 10.9 Å². The minimum Gasteiger partial charge on any atom is -0.619 e. The number of aromatic nitrogens is 5. The minimum absolute atomic E-state index is 0.220. The van der Waals surface area contributed by atoms with E-state index < -0.39 is 0 Å².